The normalized spacial score (nSPS) is 11.8. The molecule has 0 radical (unpaired) electrons. The Morgan fingerprint density at radius 2 is 2.05 bits per heavy atom. The SMILES string of the molecule is C=C(C#Cc1c(N)ncnc1NC(CO)c1nc2cccc(Cl)c2c(=O)n1-c1cc(F)cc(F)c1)N=CC. The fraction of sp³-hybridized carbons (Fsp3) is 0.115. The molecule has 4 N–H and O–H groups in total. The van der Waals surface area contributed by atoms with Crippen molar-refractivity contribution >= 4 is 40.4 Å². The zero-order valence-electron chi connectivity index (χ0n) is 19.9. The summed E-state index contributed by atoms with van der Waals surface area (Å²) in [5.41, 5.74) is 5.80. The fourth-order valence-electron chi connectivity index (χ4n) is 3.67. The number of rotatable bonds is 6. The van der Waals surface area contributed by atoms with Crippen molar-refractivity contribution in [2.45, 2.75) is 13.0 Å². The van der Waals surface area contributed by atoms with Crippen LogP contribution in [0.1, 0.15) is 24.4 Å². The second-order valence-corrected chi connectivity index (χ2v) is 8.23. The Morgan fingerprint density at radius 3 is 2.74 bits per heavy atom. The first-order valence-corrected chi connectivity index (χ1v) is 11.5. The lowest BCUT2D eigenvalue weighted by Gasteiger charge is -2.22. The van der Waals surface area contributed by atoms with Crippen molar-refractivity contribution < 1.29 is 13.9 Å². The van der Waals surface area contributed by atoms with Gasteiger partial charge in [-0.15, -0.1) is 0 Å². The van der Waals surface area contributed by atoms with E-state index in [9.17, 15) is 18.7 Å². The van der Waals surface area contributed by atoms with Gasteiger partial charge in [-0.2, -0.15) is 0 Å². The predicted octanol–water partition coefficient (Wildman–Crippen LogP) is 3.79. The fourth-order valence-corrected chi connectivity index (χ4v) is 3.92. The summed E-state index contributed by atoms with van der Waals surface area (Å²) in [6.45, 7) is 4.81. The van der Waals surface area contributed by atoms with Gasteiger partial charge in [-0.25, -0.2) is 23.7 Å². The Bertz CT molecular complexity index is 1690. The molecule has 9 nitrogen and oxygen atoms in total. The molecule has 2 heterocycles. The summed E-state index contributed by atoms with van der Waals surface area (Å²) in [6.07, 6.45) is 2.70. The molecular formula is C26H20ClF2N7O2. The molecule has 0 saturated heterocycles. The number of anilines is 2. The first kappa shape index (κ1) is 26.4. The lowest BCUT2D eigenvalue weighted by molar-refractivity contribution is 0.270. The number of aliphatic imine (C=N–C) groups is 1. The van der Waals surface area contributed by atoms with E-state index in [2.05, 4.69) is 43.7 Å². The molecule has 0 bridgehead atoms. The van der Waals surface area contributed by atoms with Crippen LogP contribution in [0.15, 0.2) is 64.8 Å². The minimum Gasteiger partial charge on any atom is -0.394 e. The molecular weight excluding hydrogens is 516 g/mol. The molecule has 0 aliphatic carbocycles. The van der Waals surface area contributed by atoms with Crippen LogP contribution in [0.5, 0.6) is 0 Å². The summed E-state index contributed by atoms with van der Waals surface area (Å²) in [6, 6.07) is 6.12. The number of hydrogen-bond donors (Lipinski definition) is 3. The van der Waals surface area contributed by atoms with E-state index >= 15 is 0 Å². The highest BCUT2D eigenvalue weighted by molar-refractivity contribution is 6.35. The number of halogens is 3. The van der Waals surface area contributed by atoms with E-state index in [4.69, 9.17) is 17.3 Å². The van der Waals surface area contributed by atoms with Crippen LogP contribution in [0.2, 0.25) is 5.02 Å². The molecule has 2 aromatic carbocycles. The lowest BCUT2D eigenvalue weighted by Crippen LogP contribution is -2.30. The quantitative estimate of drug-likeness (QED) is 0.253. The molecule has 0 amide bonds. The van der Waals surface area contributed by atoms with E-state index in [0.717, 1.165) is 16.7 Å². The molecule has 38 heavy (non-hydrogen) atoms. The lowest BCUT2D eigenvalue weighted by atomic mass is 10.1. The molecule has 0 aliphatic rings. The monoisotopic (exact) mass is 535 g/mol. The Hall–Kier alpha value is -4.66. The molecule has 1 atom stereocenters. The molecule has 0 spiro atoms. The van der Waals surface area contributed by atoms with Crippen LogP contribution in [-0.2, 0) is 0 Å². The average Bonchev–Trinajstić information content (AvgIpc) is 2.86. The van der Waals surface area contributed by atoms with Crippen LogP contribution in [0.3, 0.4) is 0 Å². The number of nitrogens with two attached hydrogens (primary N) is 1. The first-order chi connectivity index (χ1) is 18.2. The molecule has 2 aromatic heterocycles. The first-order valence-electron chi connectivity index (χ1n) is 11.1. The third kappa shape index (κ3) is 5.36. The van der Waals surface area contributed by atoms with Gasteiger partial charge in [0.05, 0.1) is 28.2 Å². The van der Waals surface area contributed by atoms with Gasteiger partial charge in [0.2, 0.25) is 0 Å². The van der Waals surface area contributed by atoms with E-state index in [1.165, 1.54) is 18.6 Å². The summed E-state index contributed by atoms with van der Waals surface area (Å²) < 4.78 is 29.3. The van der Waals surface area contributed by atoms with E-state index < -0.39 is 29.8 Å². The van der Waals surface area contributed by atoms with Crippen molar-refractivity contribution in [2.75, 3.05) is 17.7 Å². The van der Waals surface area contributed by atoms with Crippen molar-refractivity contribution in [3.05, 3.63) is 93.4 Å². The Kier molecular flexibility index (Phi) is 7.76. The number of aliphatic hydroxyl groups is 1. The highest BCUT2D eigenvalue weighted by Gasteiger charge is 2.24. The van der Waals surface area contributed by atoms with Gasteiger partial charge in [0.25, 0.3) is 5.56 Å². The topological polar surface area (TPSA) is 131 Å². The number of nitrogens with zero attached hydrogens (tertiary/aromatic N) is 5. The van der Waals surface area contributed by atoms with E-state index in [1.807, 2.05) is 0 Å². The number of aromatic nitrogens is 4. The number of aliphatic hydroxyl groups excluding tert-OH is 1. The minimum atomic E-state index is -1.12. The molecule has 12 heteroatoms. The molecule has 192 valence electrons. The zero-order chi connectivity index (χ0) is 27.4. The van der Waals surface area contributed by atoms with Gasteiger partial charge in [-0.3, -0.25) is 14.4 Å². The highest BCUT2D eigenvalue weighted by Crippen LogP contribution is 2.26. The van der Waals surface area contributed by atoms with E-state index in [-0.39, 0.29) is 50.3 Å². The van der Waals surface area contributed by atoms with Crippen LogP contribution in [0.25, 0.3) is 16.6 Å². The van der Waals surface area contributed by atoms with Gasteiger partial charge < -0.3 is 16.2 Å². The summed E-state index contributed by atoms with van der Waals surface area (Å²) in [4.78, 5) is 30.2. The second kappa shape index (κ2) is 11.2. The van der Waals surface area contributed by atoms with Crippen LogP contribution in [0.4, 0.5) is 20.4 Å². The smallest absolute Gasteiger partial charge is 0.267 e. The standard InChI is InChI=1S/C26H20ClF2N7O2/c1-3-31-14(2)7-8-18-23(30)32-13-33-24(18)34-21(12-37)25-35-20-6-4-5-19(27)22(20)26(38)36(25)17-10-15(28)9-16(29)11-17/h3-6,9-11,13,21,37H,2,12H2,1H3,(H3,30,32,33,34). The number of hydrogen-bond acceptors (Lipinski definition) is 8. The van der Waals surface area contributed by atoms with Crippen molar-refractivity contribution in [3.8, 4) is 17.5 Å². The Morgan fingerprint density at radius 1 is 1.32 bits per heavy atom. The van der Waals surface area contributed by atoms with Crippen LogP contribution >= 0.6 is 11.6 Å². The summed E-state index contributed by atoms with van der Waals surface area (Å²) in [5, 5.41) is 13.4. The summed E-state index contributed by atoms with van der Waals surface area (Å²) in [7, 11) is 0. The summed E-state index contributed by atoms with van der Waals surface area (Å²) in [5.74, 6) is 3.75. The molecule has 4 aromatic rings. The number of nitrogen functional groups attached to an aromatic ring is 1. The maximum Gasteiger partial charge on any atom is 0.267 e. The second-order valence-electron chi connectivity index (χ2n) is 7.82. The number of fused-ring (bicyclic) bond motifs is 1. The Labute approximate surface area is 220 Å². The summed E-state index contributed by atoms with van der Waals surface area (Å²) >= 11 is 6.27. The molecule has 0 fully saturated rings. The zero-order valence-corrected chi connectivity index (χ0v) is 20.7. The molecule has 0 saturated carbocycles. The van der Waals surface area contributed by atoms with Gasteiger partial charge in [-0.1, -0.05) is 30.2 Å². The van der Waals surface area contributed by atoms with Crippen LogP contribution in [0, 0.1) is 23.5 Å². The van der Waals surface area contributed by atoms with Crippen molar-refractivity contribution in [2.24, 2.45) is 4.99 Å². The number of nitrogens with one attached hydrogen (secondary N) is 1. The number of allylic oxidation sites excluding steroid dienone is 1. The van der Waals surface area contributed by atoms with Crippen LogP contribution in [-0.4, -0.2) is 37.4 Å². The molecule has 1 unspecified atom stereocenters. The maximum absolute atomic E-state index is 14.2. The van der Waals surface area contributed by atoms with Gasteiger partial charge in [0.1, 0.15) is 52.7 Å². The van der Waals surface area contributed by atoms with Crippen molar-refractivity contribution in [1.82, 2.24) is 19.5 Å². The molecule has 0 aliphatic heterocycles. The van der Waals surface area contributed by atoms with Gasteiger partial charge in [0, 0.05) is 12.3 Å². The van der Waals surface area contributed by atoms with Gasteiger partial charge >= 0.3 is 0 Å². The minimum absolute atomic E-state index is 0.0304. The Balaban J connectivity index is 1.93. The average molecular weight is 536 g/mol. The van der Waals surface area contributed by atoms with E-state index in [1.54, 1.807) is 19.1 Å². The number of benzene rings is 2. The third-order valence-corrected chi connectivity index (χ3v) is 5.59. The van der Waals surface area contributed by atoms with E-state index in [0.29, 0.717) is 6.07 Å². The highest BCUT2D eigenvalue weighted by atomic mass is 35.5. The molecule has 4 rings (SSSR count). The van der Waals surface area contributed by atoms with Crippen LogP contribution < -0.4 is 16.6 Å². The maximum atomic E-state index is 14.2. The third-order valence-electron chi connectivity index (χ3n) is 5.28. The van der Waals surface area contributed by atoms with Gasteiger partial charge in [0.15, 0.2) is 0 Å². The largest absolute Gasteiger partial charge is 0.394 e. The van der Waals surface area contributed by atoms with Crippen molar-refractivity contribution in [3.63, 3.8) is 0 Å². The van der Waals surface area contributed by atoms with Gasteiger partial charge in [-0.05, 0) is 37.1 Å². The predicted molar refractivity (Wildman–Crippen MR) is 142 cm³/mol. The van der Waals surface area contributed by atoms with Crippen molar-refractivity contribution in [1.29, 1.82) is 0 Å².